The van der Waals surface area contributed by atoms with Crippen LogP contribution in [0.5, 0.6) is 0 Å². The first-order valence-electron chi connectivity index (χ1n) is 9.15. The van der Waals surface area contributed by atoms with Crippen molar-refractivity contribution in [1.29, 1.82) is 5.39 Å². The van der Waals surface area contributed by atoms with Crippen molar-refractivity contribution in [2.24, 2.45) is 10.2 Å². The number of anilines is 2. The smallest absolute Gasteiger partial charge is 0.525 e. The van der Waals surface area contributed by atoms with E-state index in [4.69, 9.17) is 27.1 Å². The van der Waals surface area contributed by atoms with Crippen LogP contribution in [0, 0.1) is 5.39 Å². The molecule has 0 radical (unpaired) electrons. The number of diazo groups is 1. The number of H-pyrrole nitrogens is 2. The number of aromatic nitrogens is 8. The van der Waals surface area contributed by atoms with Gasteiger partial charge in [-0.2, -0.15) is 10.2 Å². The molecule has 0 saturated heterocycles. The molecule has 4 aromatic heterocycles. The monoisotopic (exact) mass is 478 g/mol. The van der Waals surface area contributed by atoms with Crippen LogP contribution in [0.1, 0.15) is 0 Å². The summed E-state index contributed by atoms with van der Waals surface area (Å²) in [6.07, 6.45) is 9.40. The molecule has 0 fully saturated rings. The fourth-order valence-electron chi connectivity index (χ4n) is 2.08. The van der Waals surface area contributed by atoms with Gasteiger partial charge in [0.2, 0.25) is 5.95 Å². The standard InChI is InChI=1S/C8H11N7O.C5H9N3O.C3H3N4.ClH/c9-7-6(5-12-15(7)3-4-16)13-14-8-10-1-2-11-8;6-5-1-2-7-8(5)3-4-9;4-7-3-5-1-2-6-3;/h1-2,5,16H,3-4,9H2,(H,10,11);1-2,9H,3-4,6H2;1-2H,(H,5,6);1H/q;;+1;/p-1. The molecule has 0 amide bonds. The van der Waals surface area contributed by atoms with E-state index in [1.165, 1.54) is 17.1 Å². The molecule has 0 saturated carbocycles. The minimum atomic E-state index is -0.0271. The first-order valence-corrected chi connectivity index (χ1v) is 9.15. The SMILES string of the molecule is N#[N+]c1ncc[nH]1.Nc1c(N=Nc2ncc[nH]2)cnn1CCO.Nc1ccnn1CCO.[Cl-]. The number of azo groups is 1. The summed E-state index contributed by atoms with van der Waals surface area (Å²) in [4.78, 5) is 15.5. The zero-order valence-electron chi connectivity index (χ0n) is 17.3. The number of halogens is 1. The average Bonchev–Trinajstić information content (AvgIpc) is 3.60. The summed E-state index contributed by atoms with van der Waals surface area (Å²) in [6.45, 7) is 0.855. The number of nitrogen functional groups attached to an aromatic ring is 2. The summed E-state index contributed by atoms with van der Waals surface area (Å²) in [5, 5.41) is 40.7. The lowest BCUT2D eigenvalue weighted by atomic mass is 10.5. The van der Waals surface area contributed by atoms with Gasteiger partial charge in [-0.05, 0) is 11.0 Å². The number of aliphatic hydroxyl groups excluding tert-OH is 2. The molecule has 4 aromatic rings. The van der Waals surface area contributed by atoms with Gasteiger partial charge in [0.15, 0.2) is 0 Å². The van der Waals surface area contributed by atoms with Gasteiger partial charge in [-0.1, -0.05) is 4.98 Å². The van der Waals surface area contributed by atoms with Crippen LogP contribution in [-0.2, 0) is 13.1 Å². The maximum Gasteiger partial charge on any atom is 0.525 e. The van der Waals surface area contributed by atoms with Crippen LogP contribution in [-0.4, -0.2) is 62.9 Å². The van der Waals surface area contributed by atoms with Crippen molar-refractivity contribution >= 4 is 29.2 Å². The number of aliphatic hydroxyl groups is 2. The van der Waals surface area contributed by atoms with E-state index in [1.807, 2.05) is 0 Å². The summed E-state index contributed by atoms with van der Waals surface area (Å²) in [5.74, 6) is 1.59. The van der Waals surface area contributed by atoms with Gasteiger partial charge < -0.3 is 39.1 Å². The Balaban J connectivity index is 0.000000271. The van der Waals surface area contributed by atoms with E-state index in [9.17, 15) is 0 Å². The van der Waals surface area contributed by atoms with Crippen LogP contribution in [0.15, 0.2) is 53.5 Å². The maximum absolute atomic E-state index is 8.75. The average molecular weight is 479 g/mol. The third kappa shape index (κ3) is 8.74. The number of rotatable bonds is 6. The largest absolute Gasteiger partial charge is 1.00 e. The number of nitrogens with two attached hydrogens (primary N) is 2. The quantitative estimate of drug-likeness (QED) is 0.132. The molecule has 0 bridgehead atoms. The Morgan fingerprint density at radius 1 is 0.970 bits per heavy atom. The molecule has 17 heteroatoms. The Bertz CT molecular complexity index is 1100. The predicted molar refractivity (Wildman–Crippen MR) is 114 cm³/mol. The van der Waals surface area contributed by atoms with E-state index < -0.39 is 0 Å². The molecule has 0 aliphatic heterocycles. The van der Waals surface area contributed by atoms with E-state index in [0.717, 1.165) is 0 Å². The summed E-state index contributed by atoms with van der Waals surface area (Å²) < 4.78 is 3.00. The Morgan fingerprint density at radius 3 is 2.18 bits per heavy atom. The zero-order valence-corrected chi connectivity index (χ0v) is 18.0. The molecule has 0 aromatic carbocycles. The molecule has 4 heterocycles. The summed E-state index contributed by atoms with van der Waals surface area (Å²) in [5.41, 5.74) is 11.6. The highest BCUT2D eigenvalue weighted by Crippen LogP contribution is 2.22. The lowest BCUT2D eigenvalue weighted by Crippen LogP contribution is -3.00. The zero-order chi connectivity index (χ0) is 23.2. The van der Waals surface area contributed by atoms with Gasteiger partial charge in [0, 0.05) is 12.4 Å². The van der Waals surface area contributed by atoms with Crippen molar-refractivity contribution in [3.8, 4) is 0 Å². The van der Waals surface area contributed by atoms with Crippen molar-refractivity contribution in [3.05, 3.63) is 48.2 Å². The van der Waals surface area contributed by atoms with E-state index in [-0.39, 0.29) is 31.6 Å². The van der Waals surface area contributed by atoms with E-state index in [0.29, 0.717) is 36.4 Å². The van der Waals surface area contributed by atoms with Crippen LogP contribution in [0.4, 0.5) is 29.2 Å². The van der Waals surface area contributed by atoms with Crippen LogP contribution < -0.4 is 23.9 Å². The fourth-order valence-corrected chi connectivity index (χ4v) is 2.08. The normalized spacial score (nSPS) is 9.85. The first kappa shape index (κ1) is 26.7. The van der Waals surface area contributed by atoms with Crippen molar-refractivity contribution in [1.82, 2.24) is 39.5 Å². The molecule has 33 heavy (non-hydrogen) atoms. The molecular formula is C16H23ClN14O2. The molecule has 4 rings (SSSR count). The molecule has 176 valence electrons. The van der Waals surface area contributed by atoms with Crippen LogP contribution in [0.2, 0.25) is 0 Å². The number of imidazole rings is 2. The van der Waals surface area contributed by atoms with Gasteiger partial charge in [0.05, 0.1) is 50.3 Å². The second kappa shape index (κ2) is 14.6. The highest BCUT2D eigenvalue weighted by molar-refractivity contribution is 5.56. The van der Waals surface area contributed by atoms with E-state index >= 15 is 0 Å². The topological polar surface area (TPSA) is 238 Å². The van der Waals surface area contributed by atoms with Crippen LogP contribution >= 0.6 is 0 Å². The summed E-state index contributed by atoms with van der Waals surface area (Å²) >= 11 is 0. The number of hydrogen-bond donors (Lipinski definition) is 6. The highest BCUT2D eigenvalue weighted by Gasteiger charge is 2.05. The first-order chi connectivity index (χ1) is 15.6. The van der Waals surface area contributed by atoms with Gasteiger partial charge in [-0.3, -0.25) is 0 Å². The van der Waals surface area contributed by atoms with E-state index in [1.54, 1.807) is 35.5 Å². The third-order valence-electron chi connectivity index (χ3n) is 3.55. The summed E-state index contributed by atoms with van der Waals surface area (Å²) in [7, 11) is 0. The Labute approximate surface area is 193 Å². The minimum Gasteiger partial charge on any atom is -1.00 e. The Morgan fingerprint density at radius 2 is 1.67 bits per heavy atom. The van der Waals surface area contributed by atoms with Crippen molar-refractivity contribution in [3.63, 3.8) is 0 Å². The van der Waals surface area contributed by atoms with Crippen LogP contribution in [0.25, 0.3) is 4.98 Å². The third-order valence-corrected chi connectivity index (χ3v) is 3.55. The summed E-state index contributed by atoms with van der Waals surface area (Å²) in [6, 6.07) is 1.69. The predicted octanol–water partition coefficient (Wildman–Crippen LogP) is -2.05. The van der Waals surface area contributed by atoms with Gasteiger partial charge in [-0.15, -0.1) is 10.2 Å². The van der Waals surface area contributed by atoms with Crippen molar-refractivity contribution in [2.45, 2.75) is 13.1 Å². The second-order valence-electron chi connectivity index (χ2n) is 5.69. The molecule has 0 atom stereocenters. The fraction of sp³-hybridized carbons (Fsp3) is 0.250. The van der Waals surface area contributed by atoms with Gasteiger partial charge in [0.1, 0.15) is 23.5 Å². The van der Waals surface area contributed by atoms with Crippen molar-refractivity contribution in [2.75, 3.05) is 24.7 Å². The second-order valence-corrected chi connectivity index (χ2v) is 5.69. The molecule has 0 unspecified atom stereocenters. The maximum atomic E-state index is 8.75. The lowest BCUT2D eigenvalue weighted by molar-refractivity contribution is -0.00000971. The van der Waals surface area contributed by atoms with Crippen molar-refractivity contribution < 1.29 is 22.6 Å². The number of nitrogens with one attached hydrogen (secondary N) is 2. The molecule has 0 aliphatic carbocycles. The van der Waals surface area contributed by atoms with E-state index in [2.05, 4.69) is 45.3 Å². The number of hydrogen-bond acceptors (Lipinski definition) is 11. The minimum absolute atomic E-state index is 0. The molecule has 8 N–H and O–H groups in total. The molecular weight excluding hydrogens is 456 g/mol. The Kier molecular flexibility index (Phi) is 11.8. The molecule has 0 spiro atoms. The Hall–Kier alpha value is -4.33. The van der Waals surface area contributed by atoms with Gasteiger partial charge in [0.25, 0.3) is 0 Å². The van der Waals surface area contributed by atoms with Gasteiger partial charge >= 0.3 is 5.95 Å². The lowest BCUT2D eigenvalue weighted by Gasteiger charge is -1.99. The highest BCUT2D eigenvalue weighted by atomic mass is 35.5. The van der Waals surface area contributed by atoms with Gasteiger partial charge in [-0.25, -0.2) is 19.3 Å². The molecule has 0 aliphatic rings. The molecule has 16 nitrogen and oxygen atoms in total. The van der Waals surface area contributed by atoms with Crippen LogP contribution in [0.3, 0.4) is 0 Å². The number of nitrogens with zero attached hydrogens (tertiary/aromatic N) is 10. The number of aromatic amines is 2.